The molecular formula is C17H26N2O2. The van der Waals surface area contributed by atoms with Crippen molar-refractivity contribution in [2.75, 3.05) is 33.3 Å². The summed E-state index contributed by atoms with van der Waals surface area (Å²) in [6, 6.07) is 6.92. The molecule has 116 valence electrons. The lowest BCUT2D eigenvalue weighted by molar-refractivity contribution is 0.0205. The Morgan fingerprint density at radius 3 is 2.52 bits per heavy atom. The molecule has 1 heterocycles. The molecule has 1 aromatic carbocycles. The fraction of sp³-hybridized carbons (Fsp3) is 0.647. The Hall–Kier alpha value is -1.10. The first-order valence-corrected chi connectivity index (χ1v) is 7.93. The van der Waals surface area contributed by atoms with Crippen LogP contribution in [0.1, 0.15) is 31.1 Å². The molecule has 1 N–H and O–H groups in total. The third kappa shape index (κ3) is 2.80. The van der Waals surface area contributed by atoms with Crippen molar-refractivity contribution in [2.24, 2.45) is 0 Å². The van der Waals surface area contributed by atoms with Crippen molar-refractivity contribution in [2.45, 2.75) is 38.5 Å². The van der Waals surface area contributed by atoms with Gasteiger partial charge in [0.25, 0.3) is 0 Å². The lowest BCUT2D eigenvalue weighted by Gasteiger charge is -2.40. The van der Waals surface area contributed by atoms with Gasteiger partial charge < -0.3 is 9.84 Å². The normalized spacial score (nSPS) is 27.1. The van der Waals surface area contributed by atoms with Crippen molar-refractivity contribution >= 4 is 0 Å². The molecule has 21 heavy (non-hydrogen) atoms. The Morgan fingerprint density at radius 2 is 1.90 bits per heavy atom. The van der Waals surface area contributed by atoms with Crippen molar-refractivity contribution in [1.82, 2.24) is 9.80 Å². The number of nitrogens with zero attached hydrogens (tertiary/aromatic N) is 2. The molecule has 4 nitrogen and oxygen atoms in total. The molecule has 1 aliphatic carbocycles. The van der Waals surface area contributed by atoms with E-state index in [-0.39, 0.29) is 12.1 Å². The average molecular weight is 290 g/mol. The van der Waals surface area contributed by atoms with E-state index in [2.05, 4.69) is 29.7 Å². The molecule has 2 unspecified atom stereocenters. The molecule has 0 amide bonds. The van der Waals surface area contributed by atoms with Crippen LogP contribution in [0.5, 0.6) is 5.75 Å². The van der Waals surface area contributed by atoms with Crippen LogP contribution in [0.15, 0.2) is 18.2 Å². The molecule has 0 spiro atoms. The predicted molar refractivity (Wildman–Crippen MR) is 83.7 cm³/mol. The molecule has 2 aliphatic rings. The minimum Gasteiger partial charge on any atom is -0.497 e. The highest BCUT2D eigenvalue weighted by molar-refractivity contribution is 5.41. The highest BCUT2D eigenvalue weighted by Gasteiger charge is 2.36. The number of aliphatic hydroxyl groups excluding tert-OH is 1. The van der Waals surface area contributed by atoms with E-state index < -0.39 is 0 Å². The molecule has 0 saturated carbocycles. The molecule has 1 fully saturated rings. The Labute approximate surface area is 127 Å². The first-order valence-electron chi connectivity index (χ1n) is 7.93. The summed E-state index contributed by atoms with van der Waals surface area (Å²) < 4.78 is 5.28. The molecule has 1 saturated heterocycles. The summed E-state index contributed by atoms with van der Waals surface area (Å²) >= 11 is 0. The highest BCUT2D eigenvalue weighted by atomic mass is 16.5. The zero-order chi connectivity index (χ0) is 15.0. The second-order valence-electron chi connectivity index (χ2n) is 6.45. The largest absolute Gasteiger partial charge is 0.497 e. The molecule has 1 aliphatic heterocycles. The number of aliphatic hydroxyl groups is 1. The number of fused-ring (bicyclic) bond motifs is 1. The van der Waals surface area contributed by atoms with Crippen LogP contribution < -0.4 is 4.74 Å². The number of hydrogen-bond donors (Lipinski definition) is 1. The predicted octanol–water partition coefficient (Wildman–Crippen LogP) is 1.68. The smallest absolute Gasteiger partial charge is 0.119 e. The van der Waals surface area contributed by atoms with Crippen LogP contribution in [0.25, 0.3) is 0 Å². The van der Waals surface area contributed by atoms with Gasteiger partial charge in [0.2, 0.25) is 0 Å². The summed E-state index contributed by atoms with van der Waals surface area (Å²) in [5, 5.41) is 10.7. The molecule has 4 heteroatoms. The van der Waals surface area contributed by atoms with Gasteiger partial charge in [0.15, 0.2) is 0 Å². The van der Waals surface area contributed by atoms with Gasteiger partial charge in [-0.05, 0) is 43.5 Å². The van der Waals surface area contributed by atoms with Crippen molar-refractivity contribution in [1.29, 1.82) is 0 Å². The summed E-state index contributed by atoms with van der Waals surface area (Å²) in [6.07, 6.45) is 0.558. The summed E-state index contributed by atoms with van der Waals surface area (Å²) in [5.41, 5.74) is 2.31. The first kappa shape index (κ1) is 14.8. The molecule has 0 bridgehead atoms. The number of piperazine rings is 1. The molecular weight excluding hydrogens is 264 g/mol. The zero-order valence-electron chi connectivity index (χ0n) is 13.2. The Balaban J connectivity index is 1.69. The van der Waals surface area contributed by atoms with Gasteiger partial charge in [-0.15, -0.1) is 0 Å². The third-order valence-corrected chi connectivity index (χ3v) is 5.01. The van der Waals surface area contributed by atoms with E-state index >= 15 is 0 Å². The standard InChI is InChI=1S/C17H26N2O2/c1-12(2)18-6-8-19(9-7-18)16-10-13-4-5-14(21-3)11-15(13)17(16)20/h4-5,11-12,16-17,20H,6-10H2,1-3H3. The van der Waals surface area contributed by atoms with Gasteiger partial charge in [-0.25, -0.2) is 0 Å². The van der Waals surface area contributed by atoms with E-state index in [1.807, 2.05) is 12.1 Å². The molecule has 1 aromatic rings. The van der Waals surface area contributed by atoms with Crippen LogP contribution in [0.2, 0.25) is 0 Å². The van der Waals surface area contributed by atoms with E-state index in [1.165, 1.54) is 5.56 Å². The fourth-order valence-corrected chi connectivity index (χ4v) is 3.62. The first-order chi connectivity index (χ1) is 10.1. The minimum absolute atomic E-state index is 0.224. The number of hydrogen-bond acceptors (Lipinski definition) is 4. The lowest BCUT2D eigenvalue weighted by Crippen LogP contribution is -2.53. The fourth-order valence-electron chi connectivity index (χ4n) is 3.62. The van der Waals surface area contributed by atoms with Crippen LogP contribution in [0, 0.1) is 0 Å². The average Bonchev–Trinajstić information content (AvgIpc) is 2.84. The lowest BCUT2D eigenvalue weighted by atomic mass is 10.1. The van der Waals surface area contributed by atoms with E-state index in [0.717, 1.165) is 43.9 Å². The maximum Gasteiger partial charge on any atom is 0.119 e. The summed E-state index contributed by atoms with van der Waals surface area (Å²) in [7, 11) is 1.67. The van der Waals surface area contributed by atoms with Gasteiger partial charge in [-0.3, -0.25) is 9.80 Å². The van der Waals surface area contributed by atoms with Crippen molar-refractivity contribution in [3.8, 4) is 5.75 Å². The topological polar surface area (TPSA) is 35.9 Å². The van der Waals surface area contributed by atoms with Crippen LogP contribution in [0.3, 0.4) is 0 Å². The number of rotatable bonds is 3. The Kier molecular flexibility index (Phi) is 4.20. The maximum atomic E-state index is 10.7. The van der Waals surface area contributed by atoms with Gasteiger partial charge in [0, 0.05) is 38.3 Å². The minimum atomic E-state index is -0.388. The third-order valence-electron chi connectivity index (χ3n) is 5.01. The number of benzene rings is 1. The molecule has 0 radical (unpaired) electrons. The molecule has 3 rings (SSSR count). The van der Waals surface area contributed by atoms with Crippen LogP contribution in [0.4, 0.5) is 0 Å². The van der Waals surface area contributed by atoms with Gasteiger partial charge in [0.05, 0.1) is 13.2 Å². The highest BCUT2D eigenvalue weighted by Crippen LogP contribution is 2.36. The van der Waals surface area contributed by atoms with E-state index in [4.69, 9.17) is 4.74 Å². The summed E-state index contributed by atoms with van der Waals surface area (Å²) in [6.45, 7) is 8.79. The summed E-state index contributed by atoms with van der Waals surface area (Å²) in [5.74, 6) is 0.832. The zero-order valence-corrected chi connectivity index (χ0v) is 13.2. The Morgan fingerprint density at radius 1 is 1.19 bits per heavy atom. The van der Waals surface area contributed by atoms with Crippen LogP contribution in [-0.2, 0) is 6.42 Å². The van der Waals surface area contributed by atoms with E-state index in [1.54, 1.807) is 7.11 Å². The van der Waals surface area contributed by atoms with Crippen molar-refractivity contribution in [3.63, 3.8) is 0 Å². The van der Waals surface area contributed by atoms with Crippen molar-refractivity contribution in [3.05, 3.63) is 29.3 Å². The van der Waals surface area contributed by atoms with Crippen LogP contribution >= 0.6 is 0 Å². The monoisotopic (exact) mass is 290 g/mol. The van der Waals surface area contributed by atoms with E-state index in [9.17, 15) is 5.11 Å². The molecule has 2 atom stereocenters. The summed E-state index contributed by atoms with van der Waals surface area (Å²) in [4.78, 5) is 4.96. The van der Waals surface area contributed by atoms with Gasteiger partial charge in [-0.1, -0.05) is 6.07 Å². The van der Waals surface area contributed by atoms with Crippen LogP contribution in [-0.4, -0.2) is 60.3 Å². The van der Waals surface area contributed by atoms with Gasteiger partial charge in [0.1, 0.15) is 5.75 Å². The number of ether oxygens (including phenoxy) is 1. The molecule has 0 aromatic heterocycles. The quantitative estimate of drug-likeness (QED) is 0.919. The second-order valence-corrected chi connectivity index (χ2v) is 6.45. The van der Waals surface area contributed by atoms with Gasteiger partial charge >= 0.3 is 0 Å². The SMILES string of the molecule is COc1ccc2c(c1)C(O)C(N1CCN(C(C)C)CC1)C2. The Bertz CT molecular complexity index is 496. The maximum absolute atomic E-state index is 10.7. The van der Waals surface area contributed by atoms with Crippen molar-refractivity contribution < 1.29 is 9.84 Å². The van der Waals surface area contributed by atoms with E-state index in [0.29, 0.717) is 6.04 Å². The second kappa shape index (κ2) is 5.95. The number of methoxy groups -OCH3 is 1. The van der Waals surface area contributed by atoms with Gasteiger partial charge in [-0.2, -0.15) is 0 Å².